The Balaban J connectivity index is 1.63. The van der Waals surface area contributed by atoms with E-state index in [4.69, 9.17) is 4.74 Å². The van der Waals surface area contributed by atoms with E-state index in [0.29, 0.717) is 11.6 Å². The van der Waals surface area contributed by atoms with Gasteiger partial charge in [-0.25, -0.2) is 17.8 Å². The molecule has 0 saturated carbocycles. The minimum atomic E-state index is -3.78. The summed E-state index contributed by atoms with van der Waals surface area (Å²) in [4.78, 5) is 6.40. The molecule has 0 bridgehead atoms. The van der Waals surface area contributed by atoms with Gasteiger partial charge in [-0.2, -0.15) is 0 Å². The van der Waals surface area contributed by atoms with E-state index in [-0.39, 0.29) is 11.0 Å². The van der Waals surface area contributed by atoms with E-state index in [1.807, 2.05) is 0 Å². The molecule has 1 saturated heterocycles. The summed E-state index contributed by atoms with van der Waals surface area (Å²) in [5.41, 5.74) is 0.319. The number of likely N-dealkylation sites (tertiary alicyclic amines) is 1. The molecule has 8 heteroatoms. The van der Waals surface area contributed by atoms with Crippen molar-refractivity contribution < 1.29 is 17.5 Å². The van der Waals surface area contributed by atoms with Crippen LogP contribution in [0.1, 0.15) is 12.8 Å². The number of aromatic nitrogens is 1. The van der Waals surface area contributed by atoms with E-state index in [1.165, 1.54) is 18.3 Å². The Labute approximate surface area is 146 Å². The highest BCUT2D eigenvalue weighted by atomic mass is 32.2. The quantitative estimate of drug-likeness (QED) is 0.881. The second-order valence-corrected chi connectivity index (χ2v) is 7.75. The van der Waals surface area contributed by atoms with Gasteiger partial charge < -0.3 is 9.64 Å². The molecule has 1 fully saturated rings. The molecular weight excluding hydrogens is 345 g/mol. The lowest BCUT2D eigenvalue weighted by Gasteiger charge is -2.28. The molecule has 1 N–H and O–H groups in total. The van der Waals surface area contributed by atoms with Gasteiger partial charge in [0.2, 0.25) is 5.88 Å². The van der Waals surface area contributed by atoms with Gasteiger partial charge in [-0.05, 0) is 50.2 Å². The summed E-state index contributed by atoms with van der Waals surface area (Å²) in [7, 11) is -1.70. The van der Waals surface area contributed by atoms with Gasteiger partial charge >= 0.3 is 0 Å². The summed E-state index contributed by atoms with van der Waals surface area (Å²) in [5.74, 6) is -0.0182. The fourth-order valence-corrected chi connectivity index (χ4v) is 3.66. The number of hydrogen-bond acceptors (Lipinski definition) is 5. The highest BCUT2D eigenvalue weighted by molar-refractivity contribution is 7.92. The maximum atomic E-state index is 12.9. The lowest BCUT2D eigenvalue weighted by molar-refractivity contribution is 0.110. The monoisotopic (exact) mass is 365 g/mol. The third-order valence-electron chi connectivity index (χ3n) is 4.07. The van der Waals surface area contributed by atoms with E-state index in [0.717, 1.165) is 38.1 Å². The molecule has 0 spiro atoms. The molecule has 1 aliphatic heterocycles. The maximum Gasteiger partial charge on any atom is 0.261 e. The normalized spacial score (nSPS) is 16.6. The smallest absolute Gasteiger partial charge is 0.261 e. The van der Waals surface area contributed by atoms with E-state index < -0.39 is 15.8 Å². The zero-order valence-electron chi connectivity index (χ0n) is 13.9. The first-order valence-corrected chi connectivity index (χ1v) is 9.50. The van der Waals surface area contributed by atoms with E-state index in [2.05, 4.69) is 21.7 Å². The van der Waals surface area contributed by atoms with E-state index in [1.54, 1.807) is 12.1 Å². The zero-order chi connectivity index (χ0) is 17.9. The van der Waals surface area contributed by atoms with Crippen LogP contribution in [0.4, 0.5) is 10.1 Å². The predicted molar refractivity (Wildman–Crippen MR) is 92.6 cm³/mol. The average Bonchev–Trinajstić information content (AvgIpc) is 2.59. The zero-order valence-corrected chi connectivity index (χ0v) is 14.7. The van der Waals surface area contributed by atoms with Crippen molar-refractivity contribution in [2.24, 2.45) is 0 Å². The first kappa shape index (κ1) is 17.6. The van der Waals surface area contributed by atoms with Gasteiger partial charge in [0, 0.05) is 19.2 Å². The Bertz CT molecular complexity index is 802. The van der Waals surface area contributed by atoms with Crippen molar-refractivity contribution in [1.82, 2.24) is 9.88 Å². The number of pyridine rings is 1. The van der Waals surface area contributed by atoms with Gasteiger partial charge in [-0.3, -0.25) is 4.72 Å². The topological polar surface area (TPSA) is 71.5 Å². The molecule has 2 aromatic rings. The SMILES string of the molecule is CN1CCC(Oc2ccc(NS(=O)(=O)c3ccc(F)cc3)cn2)CC1. The number of rotatable bonds is 5. The molecule has 0 unspecified atom stereocenters. The van der Waals surface area contributed by atoms with Crippen LogP contribution >= 0.6 is 0 Å². The van der Waals surface area contributed by atoms with Crippen molar-refractivity contribution >= 4 is 15.7 Å². The molecule has 0 aliphatic carbocycles. The number of nitrogens with zero attached hydrogens (tertiary/aromatic N) is 2. The Hall–Kier alpha value is -2.19. The number of halogens is 1. The van der Waals surface area contributed by atoms with Crippen LogP contribution in [0.25, 0.3) is 0 Å². The number of ether oxygens (including phenoxy) is 1. The molecule has 0 amide bonds. The Kier molecular flexibility index (Phi) is 5.19. The molecule has 1 aliphatic rings. The summed E-state index contributed by atoms with van der Waals surface area (Å²) in [6.45, 7) is 1.97. The van der Waals surface area contributed by atoms with E-state index >= 15 is 0 Å². The van der Waals surface area contributed by atoms with Crippen molar-refractivity contribution in [3.63, 3.8) is 0 Å². The average molecular weight is 365 g/mol. The highest BCUT2D eigenvalue weighted by Gasteiger charge is 2.19. The molecule has 0 atom stereocenters. The fraction of sp³-hybridized carbons (Fsp3) is 0.353. The van der Waals surface area contributed by atoms with Crippen LogP contribution in [0.3, 0.4) is 0 Å². The number of nitrogens with one attached hydrogen (secondary N) is 1. The molecule has 1 aromatic carbocycles. The third kappa shape index (κ3) is 4.67. The first-order valence-electron chi connectivity index (χ1n) is 8.02. The Morgan fingerprint density at radius 2 is 1.84 bits per heavy atom. The number of hydrogen-bond donors (Lipinski definition) is 1. The summed E-state index contributed by atoms with van der Waals surface area (Å²) in [6.07, 6.45) is 3.42. The lowest BCUT2D eigenvalue weighted by Crippen LogP contribution is -2.35. The fourth-order valence-electron chi connectivity index (χ4n) is 2.61. The number of benzene rings is 1. The molecule has 0 radical (unpaired) electrons. The second kappa shape index (κ2) is 7.37. The summed E-state index contributed by atoms with van der Waals surface area (Å²) >= 11 is 0. The molecule has 1 aromatic heterocycles. The molecule has 134 valence electrons. The Morgan fingerprint density at radius 3 is 2.44 bits per heavy atom. The second-order valence-electron chi connectivity index (χ2n) is 6.07. The van der Waals surface area contributed by atoms with Crippen molar-refractivity contribution in [2.75, 3.05) is 24.9 Å². The lowest BCUT2D eigenvalue weighted by atomic mass is 10.1. The van der Waals surface area contributed by atoms with Crippen molar-refractivity contribution in [3.8, 4) is 5.88 Å². The van der Waals surface area contributed by atoms with Gasteiger partial charge in [0.1, 0.15) is 11.9 Å². The molecular formula is C17H20FN3O3S. The van der Waals surface area contributed by atoms with Gasteiger partial charge in [-0.15, -0.1) is 0 Å². The third-order valence-corrected chi connectivity index (χ3v) is 5.46. The molecule has 3 rings (SSSR count). The largest absolute Gasteiger partial charge is 0.474 e. The summed E-state index contributed by atoms with van der Waals surface area (Å²) in [5, 5.41) is 0. The number of anilines is 1. The number of piperidine rings is 1. The van der Waals surface area contributed by atoms with Crippen LogP contribution in [-0.4, -0.2) is 44.5 Å². The van der Waals surface area contributed by atoms with Crippen LogP contribution in [0.2, 0.25) is 0 Å². The minimum Gasteiger partial charge on any atom is -0.474 e. The van der Waals surface area contributed by atoms with Crippen LogP contribution < -0.4 is 9.46 Å². The van der Waals surface area contributed by atoms with Crippen LogP contribution in [0.15, 0.2) is 47.5 Å². The van der Waals surface area contributed by atoms with Crippen LogP contribution in [0.5, 0.6) is 5.88 Å². The maximum absolute atomic E-state index is 12.9. The Morgan fingerprint density at radius 1 is 1.16 bits per heavy atom. The minimum absolute atomic E-state index is 0.0134. The van der Waals surface area contributed by atoms with Gasteiger partial charge in [0.05, 0.1) is 16.8 Å². The van der Waals surface area contributed by atoms with Crippen LogP contribution in [-0.2, 0) is 10.0 Å². The van der Waals surface area contributed by atoms with Crippen LogP contribution in [0, 0.1) is 5.82 Å². The van der Waals surface area contributed by atoms with E-state index in [9.17, 15) is 12.8 Å². The van der Waals surface area contributed by atoms with Gasteiger partial charge in [0.25, 0.3) is 10.0 Å². The summed E-state index contributed by atoms with van der Waals surface area (Å²) < 4.78 is 45.7. The van der Waals surface area contributed by atoms with Gasteiger partial charge in [0.15, 0.2) is 0 Å². The van der Waals surface area contributed by atoms with Gasteiger partial charge in [-0.1, -0.05) is 0 Å². The number of sulfonamides is 1. The molecule has 25 heavy (non-hydrogen) atoms. The first-order chi connectivity index (χ1) is 11.9. The predicted octanol–water partition coefficient (Wildman–Crippen LogP) is 2.49. The summed E-state index contributed by atoms with van der Waals surface area (Å²) in [6, 6.07) is 7.86. The van der Waals surface area contributed by atoms with Crippen molar-refractivity contribution in [2.45, 2.75) is 23.8 Å². The molecule has 2 heterocycles. The highest BCUT2D eigenvalue weighted by Crippen LogP contribution is 2.20. The molecule has 6 nitrogen and oxygen atoms in total. The van der Waals surface area contributed by atoms with Crippen molar-refractivity contribution in [1.29, 1.82) is 0 Å². The standard InChI is InChI=1S/C17H20FN3O3S/c1-21-10-8-15(9-11-21)24-17-7-4-14(12-19-17)20-25(22,23)16-5-2-13(18)3-6-16/h2-7,12,15,20H,8-11H2,1H3. The van der Waals surface area contributed by atoms with Crippen molar-refractivity contribution in [3.05, 3.63) is 48.4 Å².